The average molecular weight is 213 g/mol. The molecule has 0 spiro atoms. The Bertz CT molecular complexity index is 311. The van der Waals surface area contributed by atoms with Crippen molar-refractivity contribution < 1.29 is 14.1 Å². The number of aryl methyl sites for hydroxylation is 1. The molecule has 0 aromatic carbocycles. The zero-order valence-corrected chi connectivity index (χ0v) is 8.95. The van der Waals surface area contributed by atoms with Crippen molar-refractivity contribution in [1.82, 2.24) is 15.5 Å². The minimum absolute atomic E-state index is 0.188. The molecule has 1 rings (SSSR count). The van der Waals surface area contributed by atoms with Gasteiger partial charge in [-0.1, -0.05) is 5.16 Å². The molecule has 84 valence electrons. The Labute approximate surface area is 88.0 Å². The Morgan fingerprint density at radius 3 is 3.00 bits per heavy atom. The number of rotatable bonds is 6. The molecule has 0 unspecified atom stereocenters. The lowest BCUT2D eigenvalue weighted by Gasteiger charge is -2.00. The van der Waals surface area contributed by atoms with Gasteiger partial charge in [0.25, 0.3) is 0 Å². The zero-order valence-electron chi connectivity index (χ0n) is 8.95. The molecule has 0 radical (unpaired) electrons. The molecule has 0 aliphatic rings. The summed E-state index contributed by atoms with van der Waals surface area (Å²) in [5, 5.41) is 6.83. The third-order valence-electron chi connectivity index (χ3n) is 1.81. The van der Waals surface area contributed by atoms with Crippen LogP contribution in [0.5, 0.6) is 0 Å². The number of nitrogens with zero attached hydrogens (tertiary/aromatic N) is 2. The second-order valence-electron chi connectivity index (χ2n) is 3.09. The van der Waals surface area contributed by atoms with Crippen LogP contribution in [0.4, 0.5) is 0 Å². The Balaban J connectivity index is 2.05. The van der Waals surface area contributed by atoms with Crippen LogP contribution in [-0.4, -0.2) is 29.8 Å². The van der Waals surface area contributed by atoms with Crippen LogP contribution >= 0.6 is 0 Å². The lowest BCUT2D eigenvalue weighted by Crippen LogP contribution is -2.16. The Kier molecular flexibility index (Phi) is 4.76. The second kappa shape index (κ2) is 6.13. The van der Waals surface area contributed by atoms with E-state index in [4.69, 9.17) is 4.52 Å². The van der Waals surface area contributed by atoms with Crippen molar-refractivity contribution in [2.45, 2.75) is 26.3 Å². The summed E-state index contributed by atoms with van der Waals surface area (Å²) < 4.78 is 9.31. The topological polar surface area (TPSA) is 77.2 Å². The van der Waals surface area contributed by atoms with Gasteiger partial charge in [0.15, 0.2) is 5.82 Å². The molecule has 6 nitrogen and oxygen atoms in total. The molecule has 1 heterocycles. The second-order valence-corrected chi connectivity index (χ2v) is 3.09. The SMILES string of the molecule is COC(=O)CCCNCc1noc(C)n1. The summed E-state index contributed by atoms with van der Waals surface area (Å²) in [5.74, 6) is 0.999. The van der Waals surface area contributed by atoms with E-state index in [0.29, 0.717) is 24.7 Å². The smallest absolute Gasteiger partial charge is 0.305 e. The molecule has 0 fully saturated rings. The summed E-state index contributed by atoms with van der Waals surface area (Å²) in [6, 6.07) is 0. The molecule has 0 saturated heterocycles. The van der Waals surface area contributed by atoms with Crippen LogP contribution in [0, 0.1) is 6.92 Å². The maximum atomic E-state index is 10.8. The number of esters is 1. The predicted molar refractivity (Wildman–Crippen MR) is 52.0 cm³/mol. The summed E-state index contributed by atoms with van der Waals surface area (Å²) in [5.41, 5.74) is 0. The fourth-order valence-corrected chi connectivity index (χ4v) is 1.07. The largest absolute Gasteiger partial charge is 0.469 e. The number of hydrogen-bond donors (Lipinski definition) is 1. The molecule has 0 bridgehead atoms. The number of hydrogen-bond acceptors (Lipinski definition) is 6. The van der Waals surface area contributed by atoms with Crippen molar-refractivity contribution in [2.75, 3.05) is 13.7 Å². The third-order valence-corrected chi connectivity index (χ3v) is 1.81. The molecule has 0 saturated carbocycles. The van der Waals surface area contributed by atoms with Crippen LogP contribution in [0.1, 0.15) is 24.6 Å². The highest BCUT2D eigenvalue weighted by Gasteiger charge is 2.02. The molecule has 0 atom stereocenters. The summed E-state index contributed by atoms with van der Waals surface area (Å²) in [4.78, 5) is 14.8. The summed E-state index contributed by atoms with van der Waals surface area (Å²) >= 11 is 0. The third kappa shape index (κ3) is 4.55. The normalized spacial score (nSPS) is 10.3. The van der Waals surface area contributed by atoms with E-state index in [2.05, 4.69) is 20.2 Å². The van der Waals surface area contributed by atoms with Gasteiger partial charge in [0.1, 0.15) is 0 Å². The van der Waals surface area contributed by atoms with Gasteiger partial charge < -0.3 is 14.6 Å². The first-order valence-corrected chi connectivity index (χ1v) is 4.79. The van der Waals surface area contributed by atoms with E-state index in [1.54, 1.807) is 6.92 Å². The van der Waals surface area contributed by atoms with Crippen LogP contribution in [0.2, 0.25) is 0 Å². The van der Waals surface area contributed by atoms with E-state index in [-0.39, 0.29) is 5.97 Å². The van der Waals surface area contributed by atoms with Gasteiger partial charge in [-0.15, -0.1) is 0 Å². The molecule has 1 aromatic rings. The minimum Gasteiger partial charge on any atom is -0.469 e. The van der Waals surface area contributed by atoms with Gasteiger partial charge in [0.2, 0.25) is 5.89 Å². The molecule has 6 heteroatoms. The number of ether oxygens (including phenoxy) is 1. The van der Waals surface area contributed by atoms with Crippen molar-refractivity contribution in [2.24, 2.45) is 0 Å². The summed E-state index contributed by atoms with van der Waals surface area (Å²) in [6.45, 7) is 3.02. The molecular formula is C9H15N3O3. The molecule has 1 aromatic heterocycles. The van der Waals surface area contributed by atoms with Gasteiger partial charge in [-0.3, -0.25) is 4.79 Å². The van der Waals surface area contributed by atoms with Crippen LogP contribution in [-0.2, 0) is 16.1 Å². The number of methoxy groups -OCH3 is 1. The van der Waals surface area contributed by atoms with Crippen molar-refractivity contribution in [3.05, 3.63) is 11.7 Å². The molecule has 1 N–H and O–H groups in total. The fourth-order valence-electron chi connectivity index (χ4n) is 1.07. The van der Waals surface area contributed by atoms with Gasteiger partial charge in [0, 0.05) is 13.3 Å². The summed E-state index contributed by atoms with van der Waals surface area (Å²) in [6.07, 6.45) is 1.16. The van der Waals surface area contributed by atoms with E-state index in [9.17, 15) is 4.79 Å². The molecule has 15 heavy (non-hydrogen) atoms. The van der Waals surface area contributed by atoms with Crippen molar-refractivity contribution in [1.29, 1.82) is 0 Å². The van der Waals surface area contributed by atoms with Gasteiger partial charge in [-0.05, 0) is 13.0 Å². The van der Waals surface area contributed by atoms with Gasteiger partial charge in [0.05, 0.1) is 13.7 Å². The Hall–Kier alpha value is -1.43. The Morgan fingerprint density at radius 1 is 1.60 bits per heavy atom. The van der Waals surface area contributed by atoms with Gasteiger partial charge in [-0.25, -0.2) is 0 Å². The minimum atomic E-state index is -0.188. The Morgan fingerprint density at radius 2 is 2.40 bits per heavy atom. The van der Waals surface area contributed by atoms with E-state index in [1.807, 2.05) is 0 Å². The van der Waals surface area contributed by atoms with Gasteiger partial charge in [-0.2, -0.15) is 4.98 Å². The number of carbonyl (C=O) groups is 1. The molecule has 0 aliphatic heterocycles. The van der Waals surface area contributed by atoms with Crippen LogP contribution < -0.4 is 5.32 Å². The molecule has 0 aliphatic carbocycles. The first-order valence-electron chi connectivity index (χ1n) is 4.79. The van der Waals surface area contributed by atoms with E-state index in [0.717, 1.165) is 13.0 Å². The quantitative estimate of drug-likeness (QED) is 0.545. The highest BCUT2D eigenvalue weighted by atomic mass is 16.5. The lowest BCUT2D eigenvalue weighted by atomic mass is 10.3. The highest BCUT2D eigenvalue weighted by molar-refractivity contribution is 5.68. The standard InChI is InChI=1S/C9H15N3O3/c1-7-11-8(12-15-7)6-10-5-3-4-9(13)14-2/h10H,3-6H2,1-2H3. The van der Waals surface area contributed by atoms with Crippen LogP contribution in [0.15, 0.2) is 4.52 Å². The molecular weight excluding hydrogens is 198 g/mol. The van der Waals surface area contributed by atoms with Gasteiger partial charge >= 0.3 is 5.97 Å². The van der Waals surface area contributed by atoms with E-state index >= 15 is 0 Å². The monoisotopic (exact) mass is 213 g/mol. The maximum absolute atomic E-state index is 10.8. The predicted octanol–water partition coefficient (Wildman–Crippen LogP) is 0.421. The first kappa shape index (κ1) is 11.6. The van der Waals surface area contributed by atoms with Crippen LogP contribution in [0.3, 0.4) is 0 Å². The fraction of sp³-hybridized carbons (Fsp3) is 0.667. The molecule has 0 amide bonds. The number of aromatic nitrogens is 2. The zero-order chi connectivity index (χ0) is 11.1. The van der Waals surface area contributed by atoms with Crippen molar-refractivity contribution in [3.63, 3.8) is 0 Å². The number of carbonyl (C=O) groups excluding carboxylic acids is 1. The lowest BCUT2D eigenvalue weighted by molar-refractivity contribution is -0.140. The van der Waals surface area contributed by atoms with Crippen LogP contribution in [0.25, 0.3) is 0 Å². The van der Waals surface area contributed by atoms with Crippen molar-refractivity contribution >= 4 is 5.97 Å². The number of nitrogens with one attached hydrogen (secondary N) is 1. The van der Waals surface area contributed by atoms with Crippen molar-refractivity contribution in [3.8, 4) is 0 Å². The average Bonchev–Trinajstić information content (AvgIpc) is 2.63. The van der Waals surface area contributed by atoms with E-state index < -0.39 is 0 Å². The summed E-state index contributed by atoms with van der Waals surface area (Å²) in [7, 11) is 1.39. The highest BCUT2D eigenvalue weighted by Crippen LogP contribution is 1.94. The van der Waals surface area contributed by atoms with E-state index in [1.165, 1.54) is 7.11 Å². The maximum Gasteiger partial charge on any atom is 0.305 e. The first-order chi connectivity index (χ1) is 7.22.